The van der Waals surface area contributed by atoms with E-state index in [2.05, 4.69) is 13.2 Å². The molecule has 1 fully saturated rings. The van der Waals surface area contributed by atoms with E-state index in [1.165, 1.54) is 4.31 Å². The Labute approximate surface area is 134 Å². The zero-order valence-electron chi connectivity index (χ0n) is 12.7. The molecule has 122 valence electrons. The first-order valence-corrected chi connectivity index (χ1v) is 8.20. The van der Waals surface area contributed by atoms with Crippen molar-refractivity contribution < 1.29 is 18.7 Å². The van der Waals surface area contributed by atoms with Crippen LogP contribution >= 0.6 is 0 Å². The zero-order chi connectivity index (χ0) is 16.7. The number of hydrogen-bond donors (Lipinski definition) is 1. The summed E-state index contributed by atoms with van der Waals surface area (Å²) in [7, 11) is 0. The average Bonchev–Trinajstić information content (AvgIpc) is 2.43. The van der Waals surface area contributed by atoms with Crippen molar-refractivity contribution in [2.24, 2.45) is 5.92 Å². The third-order valence-corrected chi connectivity index (χ3v) is 4.67. The van der Waals surface area contributed by atoms with E-state index in [4.69, 9.17) is 5.11 Å². The molecular weight excluding hydrogens is 302 g/mol. The molecule has 1 aliphatic heterocycles. The molecule has 0 spiro atoms. The van der Waals surface area contributed by atoms with Crippen LogP contribution in [0.4, 0.5) is 0 Å². The number of allylic oxidation sites excluding steroid dienone is 5. The minimum absolute atomic E-state index is 0.0745. The lowest BCUT2D eigenvalue weighted by atomic mass is 9.83. The summed E-state index contributed by atoms with van der Waals surface area (Å²) in [4.78, 5) is 10.6. The highest BCUT2D eigenvalue weighted by Gasteiger charge is 2.33. The molecule has 22 heavy (non-hydrogen) atoms. The van der Waals surface area contributed by atoms with Crippen LogP contribution in [0.1, 0.15) is 32.6 Å². The van der Waals surface area contributed by atoms with Gasteiger partial charge in [-0.05, 0) is 43.8 Å². The monoisotopic (exact) mass is 324 g/mol. The van der Waals surface area contributed by atoms with Crippen molar-refractivity contribution in [2.75, 3.05) is 0 Å². The van der Waals surface area contributed by atoms with Crippen LogP contribution in [0, 0.1) is 5.92 Å². The summed E-state index contributed by atoms with van der Waals surface area (Å²) in [5.41, 5.74) is 1.47. The van der Waals surface area contributed by atoms with Crippen LogP contribution in [0.25, 0.3) is 0 Å². The molecule has 0 aliphatic carbocycles. The van der Waals surface area contributed by atoms with Gasteiger partial charge in [0.2, 0.25) is 0 Å². The summed E-state index contributed by atoms with van der Waals surface area (Å²) in [6.45, 7) is 9.15. The Hall–Kier alpha value is -1.66. The van der Waals surface area contributed by atoms with Gasteiger partial charge in [-0.2, -0.15) is 0 Å². The first kappa shape index (κ1) is 18.4. The predicted molar refractivity (Wildman–Crippen MR) is 86.4 cm³/mol. The van der Waals surface area contributed by atoms with Crippen molar-refractivity contribution in [3.63, 3.8) is 0 Å². The Morgan fingerprint density at radius 2 is 2.09 bits per heavy atom. The van der Waals surface area contributed by atoms with E-state index in [9.17, 15) is 13.6 Å². The van der Waals surface area contributed by atoms with Crippen molar-refractivity contribution in [2.45, 2.75) is 38.6 Å². The third kappa shape index (κ3) is 4.68. The van der Waals surface area contributed by atoms with E-state index in [0.717, 1.165) is 5.57 Å². The number of aliphatic carboxylic acids is 1. The molecule has 0 radical (unpaired) electrons. The molecule has 1 aliphatic rings. The quantitative estimate of drug-likeness (QED) is 0.730. The zero-order valence-corrected chi connectivity index (χ0v) is 13.6. The Balaban J connectivity index is 3.05. The van der Waals surface area contributed by atoms with Gasteiger partial charge in [0.05, 0.1) is 5.70 Å². The van der Waals surface area contributed by atoms with Crippen molar-refractivity contribution >= 4 is 17.2 Å². The van der Waals surface area contributed by atoms with E-state index in [-0.39, 0.29) is 18.4 Å². The lowest BCUT2D eigenvalue weighted by Crippen LogP contribution is -2.43. The number of carboxylic acid groups (broad SMARTS) is 1. The summed E-state index contributed by atoms with van der Waals surface area (Å²) >= 11 is -2.40. The number of piperidine rings is 1. The Kier molecular flexibility index (Phi) is 7.27. The van der Waals surface area contributed by atoms with Gasteiger partial charge in [0.1, 0.15) is 0 Å². The van der Waals surface area contributed by atoms with Crippen molar-refractivity contribution in [3.8, 4) is 0 Å². The molecule has 3 atom stereocenters. The second kappa shape index (κ2) is 8.70. The van der Waals surface area contributed by atoms with Crippen LogP contribution in [0.3, 0.4) is 0 Å². The summed E-state index contributed by atoms with van der Waals surface area (Å²) in [5, 5.41) is 8.74. The Bertz CT molecular complexity index is 524. The fourth-order valence-corrected chi connectivity index (χ4v) is 3.55. The molecule has 1 unspecified atom stereocenters. The van der Waals surface area contributed by atoms with E-state index in [0.29, 0.717) is 25.0 Å². The van der Waals surface area contributed by atoms with E-state index < -0.39 is 17.2 Å². The van der Waals surface area contributed by atoms with Crippen molar-refractivity contribution in [3.05, 3.63) is 48.7 Å². The summed E-state index contributed by atoms with van der Waals surface area (Å²) in [5.74, 6) is -0.757. The highest BCUT2D eigenvalue weighted by atomic mass is 32.2. The maximum atomic E-state index is 11.6. The van der Waals surface area contributed by atoms with Gasteiger partial charge in [0.15, 0.2) is 0 Å². The molecule has 1 rings (SSSR count). The summed E-state index contributed by atoms with van der Waals surface area (Å²) in [6, 6.07) is -0.222. The standard InChI is InChI=1S/C16H23NO4S/c1-4-7-14-11-13(9-6-10-16(18)19)12(3)17(22(20)21)15(14)8-5-2/h4-5,7-8,12-13H,1-2,6,9-11H2,3H3,(H,18,19)(H,20,21)/p-1/b14-7-,15-8+/t12-,13-/m1/s1. The fourth-order valence-electron chi connectivity index (χ4n) is 2.77. The van der Waals surface area contributed by atoms with Crippen LogP contribution in [0.15, 0.2) is 48.7 Å². The third-order valence-electron chi connectivity index (χ3n) is 3.82. The first-order valence-electron chi connectivity index (χ1n) is 7.17. The maximum Gasteiger partial charge on any atom is 0.303 e. The molecule has 1 N–H and O–H groups in total. The normalized spacial score (nSPS) is 26.9. The molecule has 0 aromatic carbocycles. The lowest BCUT2D eigenvalue weighted by Gasteiger charge is -2.44. The highest BCUT2D eigenvalue weighted by Crippen LogP contribution is 2.38. The largest absolute Gasteiger partial charge is 0.755 e. The van der Waals surface area contributed by atoms with Crippen molar-refractivity contribution in [1.29, 1.82) is 0 Å². The van der Waals surface area contributed by atoms with Gasteiger partial charge < -0.3 is 9.66 Å². The molecule has 6 heteroatoms. The van der Waals surface area contributed by atoms with Gasteiger partial charge in [-0.1, -0.05) is 31.4 Å². The Morgan fingerprint density at radius 1 is 1.45 bits per heavy atom. The second-order valence-electron chi connectivity index (χ2n) is 5.25. The molecule has 0 aromatic rings. The molecule has 0 aromatic heterocycles. The number of carboxylic acids is 1. The minimum atomic E-state index is -2.40. The van der Waals surface area contributed by atoms with E-state index in [1.807, 2.05) is 6.92 Å². The summed E-state index contributed by atoms with van der Waals surface area (Å²) < 4.78 is 24.6. The molecule has 0 saturated carbocycles. The maximum absolute atomic E-state index is 11.6. The van der Waals surface area contributed by atoms with Crippen LogP contribution < -0.4 is 0 Å². The smallest absolute Gasteiger partial charge is 0.303 e. The van der Waals surface area contributed by atoms with Gasteiger partial charge in [-0.3, -0.25) is 13.3 Å². The molecule has 5 nitrogen and oxygen atoms in total. The summed E-state index contributed by atoms with van der Waals surface area (Å²) in [6.07, 6.45) is 8.65. The average molecular weight is 324 g/mol. The number of hydrogen-bond acceptors (Lipinski definition) is 3. The predicted octanol–water partition coefficient (Wildman–Crippen LogP) is 2.93. The molecule has 1 saturated heterocycles. The van der Waals surface area contributed by atoms with E-state index in [1.54, 1.807) is 24.3 Å². The number of nitrogens with zero attached hydrogens (tertiary/aromatic N) is 1. The van der Waals surface area contributed by atoms with Gasteiger partial charge in [0, 0.05) is 23.7 Å². The van der Waals surface area contributed by atoms with Crippen LogP contribution in [0.2, 0.25) is 0 Å². The van der Waals surface area contributed by atoms with E-state index >= 15 is 0 Å². The highest BCUT2D eigenvalue weighted by molar-refractivity contribution is 7.76. The minimum Gasteiger partial charge on any atom is -0.755 e. The Morgan fingerprint density at radius 3 is 2.59 bits per heavy atom. The van der Waals surface area contributed by atoms with Crippen LogP contribution in [-0.4, -0.2) is 30.2 Å². The van der Waals surface area contributed by atoms with Crippen molar-refractivity contribution in [1.82, 2.24) is 4.31 Å². The number of rotatable bonds is 7. The topological polar surface area (TPSA) is 80.7 Å². The van der Waals surface area contributed by atoms with Gasteiger partial charge in [-0.15, -0.1) is 0 Å². The fraction of sp³-hybridized carbons (Fsp3) is 0.438. The molecular formula is C16H22NO4S-. The van der Waals surface area contributed by atoms with Gasteiger partial charge >= 0.3 is 5.97 Å². The second-order valence-corrected chi connectivity index (χ2v) is 6.08. The van der Waals surface area contributed by atoms with Gasteiger partial charge in [0.25, 0.3) is 0 Å². The lowest BCUT2D eigenvalue weighted by molar-refractivity contribution is -0.137. The van der Waals surface area contributed by atoms with Gasteiger partial charge in [-0.25, -0.2) is 0 Å². The molecule has 0 amide bonds. The SMILES string of the molecule is C=C/C=C1/C[C@@H](CCCC(=O)O)[C@@H](C)N(S(=O)[O-])/C1=C/C=C. The molecule has 0 bridgehead atoms. The van der Waals surface area contributed by atoms with Crippen LogP contribution in [-0.2, 0) is 16.1 Å². The molecule has 1 heterocycles. The first-order chi connectivity index (χ1) is 10.4. The van der Waals surface area contributed by atoms with Crippen LogP contribution in [0.5, 0.6) is 0 Å². The number of carbonyl (C=O) groups is 1.